The summed E-state index contributed by atoms with van der Waals surface area (Å²) in [6, 6.07) is 4.43. The van der Waals surface area contributed by atoms with Crippen molar-refractivity contribution < 1.29 is 22.7 Å². The van der Waals surface area contributed by atoms with Crippen molar-refractivity contribution >= 4 is 15.9 Å². The second-order valence-corrected chi connectivity index (χ2v) is 7.41. The summed E-state index contributed by atoms with van der Waals surface area (Å²) < 4.78 is 37.2. The Morgan fingerprint density at radius 3 is 2.75 bits per heavy atom. The number of benzene rings is 1. The van der Waals surface area contributed by atoms with Crippen molar-refractivity contribution in [3.63, 3.8) is 0 Å². The van der Waals surface area contributed by atoms with Gasteiger partial charge in [-0.15, -0.1) is 0 Å². The van der Waals surface area contributed by atoms with Crippen LogP contribution in [0.3, 0.4) is 0 Å². The highest BCUT2D eigenvalue weighted by atomic mass is 32.2. The Balaban J connectivity index is 2.29. The molecule has 7 nitrogen and oxygen atoms in total. The number of sulfonamides is 1. The number of nitrogens with zero attached hydrogens (tertiary/aromatic N) is 1. The fourth-order valence-electron chi connectivity index (χ4n) is 2.70. The molecule has 8 heteroatoms. The van der Waals surface area contributed by atoms with Crippen LogP contribution in [0.25, 0.3) is 0 Å². The molecule has 1 amide bonds. The van der Waals surface area contributed by atoms with Gasteiger partial charge in [0.1, 0.15) is 10.6 Å². The first-order valence-electron chi connectivity index (χ1n) is 7.95. The van der Waals surface area contributed by atoms with Gasteiger partial charge in [0.2, 0.25) is 10.0 Å². The number of rotatable bonds is 7. The minimum absolute atomic E-state index is 0.0488. The van der Waals surface area contributed by atoms with Crippen molar-refractivity contribution in [2.75, 3.05) is 33.9 Å². The van der Waals surface area contributed by atoms with E-state index in [1.807, 2.05) is 6.92 Å². The largest absolute Gasteiger partial charge is 0.495 e. The Bertz CT molecular complexity index is 684. The van der Waals surface area contributed by atoms with Crippen LogP contribution < -0.4 is 9.46 Å². The number of amides is 1. The molecule has 0 saturated carbocycles. The zero-order chi connectivity index (χ0) is 17.7. The van der Waals surface area contributed by atoms with Crippen LogP contribution in [0.2, 0.25) is 0 Å². The van der Waals surface area contributed by atoms with Crippen LogP contribution in [0.15, 0.2) is 23.1 Å². The molecule has 134 valence electrons. The summed E-state index contributed by atoms with van der Waals surface area (Å²) in [7, 11) is -1.01. The number of likely N-dealkylation sites (N-methyl/N-ethyl adjacent to an activating group) is 1. The zero-order valence-electron chi connectivity index (χ0n) is 14.2. The molecule has 1 aliphatic heterocycles. The quantitative estimate of drug-likeness (QED) is 0.795. The van der Waals surface area contributed by atoms with E-state index in [-0.39, 0.29) is 22.7 Å². The average molecular weight is 356 g/mol. The van der Waals surface area contributed by atoms with Gasteiger partial charge in [0.15, 0.2) is 0 Å². The summed E-state index contributed by atoms with van der Waals surface area (Å²) in [5, 5.41) is 0. The minimum Gasteiger partial charge on any atom is -0.495 e. The first kappa shape index (κ1) is 18.7. The summed E-state index contributed by atoms with van der Waals surface area (Å²) in [6.07, 6.45) is 1.99. The van der Waals surface area contributed by atoms with E-state index in [4.69, 9.17) is 9.47 Å². The zero-order valence-corrected chi connectivity index (χ0v) is 15.1. The van der Waals surface area contributed by atoms with Gasteiger partial charge < -0.3 is 14.4 Å². The normalized spacial score (nSPS) is 17.7. The number of methoxy groups -OCH3 is 1. The summed E-state index contributed by atoms with van der Waals surface area (Å²) in [4.78, 5) is 14.4. The van der Waals surface area contributed by atoms with Gasteiger partial charge in [0.05, 0.1) is 13.2 Å². The third-order valence-electron chi connectivity index (χ3n) is 4.09. The first-order valence-corrected chi connectivity index (χ1v) is 9.43. The van der Waals surface area contributed by atoms with E-state index in [1.54, 1.807) is 11.0 Å². The fraction of sp³-hybridized carbons (Fsp3) is 0.562. The molecule has 1 saturated heterocycles. The summed E-state index contributed by atoms with van der Waals surface area (Å²) in [6.45, 7) is 3.65. The highest BCUT2D eigenvalue weighted by Crippen LogP contribution is 2.25. The molecule has 1 unspecified atom stereocenters. The number of hydrogen-bond donors (Lipinski definition) is 1. The van der Waals surface area contributed by atoms with E-state index in [0.29, 0.717) is 18.7 Å². The van der Waals surface area contributed by atoms with Crippen LogP contribution in [-0.2, 0) is 14.8 Å². The average Bonchev–Trinajstić information content (AvgIpc) is 3.11. The molecule has 1 atom stereocenters. The Morgan fingerprint density at radius 1 is 1.46 bits per heavy atom. The molecule has 1 heterocycles. The van der Waals surface area contributed by atoms with Gasteiger partial charge in [-0.25, -0.2) is 13.1 Å². The summed E-state index contributed by atoms with van der Waals surface area (Å²) >= 11 is 0. The van der Waals surface area contributed by atoms with Crippen LogP contribution >= 0.6 is 0 Å². The predicted molar refractivity (Wildman–Crippen MR) is 89.8 cm³/mol. The lowest BCUT2D eigenvalue weighted by molar-refractivity contribution is 0.0539. The van der Waals surface area contributed by atoms with Crippen LogP contribution in [0.1, 0.15) is 30.1 Å². The van der Waals surface area contributed by atoms with E-state index < -0.39 is 10.0 Å². The van der Waals surface area contributed by atoms with E-state index in [0.717, 1.165) is 19.4 Å². The third-order valence-corrected chi connectivity index (χ3v) is 5.52. The van der Waals surface area contributed by atoms with Gasteiger partial charge in [0.25, 0.3) is 5.91 Å². The van der Waals surface area contributed by atoms with Crippen molar-refractivity contribution in [2.24, 2.45) is 0 Å². The van der Waals surface area contributed by atoms with Crippen molar-refractivity contribution in [1.82, 2.24) is 9.62 Å². The van der Waals surface area contributed by atoms with E-state index in [2.05, 4.69) is 4.72 Å². The number of carbonyl (C=O) groups excluding carboxylic acids is 1. The molecule has 0 spiro atoms. The topological polar surface area (TPSA) is 84.9 Å². The molecule has 0 bridgehead atoms. The Hall–Kier alpha value is -1.64. The lowest BCUT2D eigenvalue weighted by atomic mass is 10.1. The molecule has 1 fully saturated rings. The van der Waals surface area contributed by atoms with Crippen LogP contribution in [0.5, 0.6) is 5.75 Å². The number of ether oxygens (including phenoxy) is 2. The molecule has 0 radical (unpaired) electrons. The standard InChI is InChI=1S/C16H24N2O5S/c1-4-18(11-13-6-5-9-23-13)16(19)12-7-8-14(22-3)15(10-12)24(20,21)17-2/h7-8,10,13,17H,4-6,9,11H2,1-3H3. The van der Waals surface area contributed by atoms with Gasteiger partial charge in [-0.2, -0.15) is 0 Å². The maximum atomic E-state index is 12.7. The minimum atomic E-state index is -3.72. The molecule has 2 rings (SSSR count). The van der Waals surface area contributed by atoms with Crippen molar-refractivity contribution in [2.45, 2.75) is 30.8 Å². The van der Waals surface area contributed by atoms with Gasteiger partial charge in [-0.1, -0.05) is 0 Å². The Morgan fingerprint density at radius 2 is 2.21 bits per heavy atom. The van der Waals surface area contributed by atoms with Gasteiger partial charge in [-0.3, -0.25) is 4.79 Å². The maximum Gasteiger partial charge on any atom is 0.253 e. The van der Waals surface area contributed by atoms with Crippen LogP contribution in [0, 0.1) is 0 Å². The highest BCUT2D eigenvalue weighted by molar-refractivity contribution is 7.89. The van der Waals surface area contributed by atoms with Gasteiger partial charge >= 0.3 is 0 Å². The van der Waals surface area contributed by atoms with E-state index in [9.17, 15) is 13.2 Å². The number of hydrogen-bond acceptors (Lipinski definition) is 5. The molecule has 1 aromatic carbocycles. The smallest absolute Gasteiger partial charge is 0.253 e. The predicted octanol–water partition coefficient (Wildman–Crippen LogP) is 1.24. The second-order valence-electron chi connectivity index (χ2n) is 5.55. The summed E-state index contributed by atoms with van der Waals surface area (Å²) in [5.74, 6) is -0.0220. The number of nitrogens with one attached hydrogen (secondary N) is 1. The molecule has 24 heavy (non-hydrogen) atoms. The fourth-order valence-corrected chi connectivity index (χ4v) is 3.62. The molecule has 0 aromatic heterocycles. The highest BCUT2D eigenvalue weighted by Gasteiger charge is 2.25. The van der Waals surface area contributed by atoms with Crippen molar-refractivity contribution in [3.05, 3.63) is 23.8 Å². The van der Waals surface area contributed by atoms with Crippen LogP contribution in [0.4, 0.5) is 0 Å². The second kappa shape index (κ2) is 7.96. The number of carbonyl (C=O) groups is 1. The molecule has 1 aliphatic rings. The van der Waals surface area contributed by atoms with E-state index in [1.165, 1.54) is 26.3 Å². The van der Waals surface area contributed by atoms with Gasteiger partial charge in [0, 0.05) is 25.3 Å². The maximum absolute atomic E-state index is 12.7. The monoisotopic (exact) mass is 356 g/mol. The van der Waals surface area contributed by atoms with Crippen molar-refractivity contribution in [3.8, 4) is 5.75 Å². The first-order chi connectivity index (χ1) is 11.4. The molecular formula is C16H24N2O5S. The van der Waals surface area contributed by atoms with E-state index >= 15 is 0 Å². The SMILES string of the molecule is CCN(CC1CCCO1)C(=O)c1ccc(OC)c(S(=O)(=O)NC)c1. The molecular weight excluding hydrogens is 332 g/mol. The van der Waals surface area contributed by atoms with Crippen LogP contribution in [-0.4, -0.2) is 59.2 Å². The molecule has 0 aliphatic carbocycles. The van der Waals surface area contributed by atoms with Crippen molar-refractivity contribution in [1.29, 1.82) is 0 Å². The summed E-state index contributed by atoms with van der Waals surface area (Å²) in [5.41, 5.74) is 0.310. The van der Waals surface area contributed by atoms with Gasteiger partial charge in [-0.05, 0) is 45.0 Å². The molecule has 1 aromatic rings. The Kier molecular flexibility index (Phi) is 6.20. The third kappa shape index (κ3) is 4.06. The lowest BCUT2D eigenvalue weighted by Crippen LogP contribution is -2.37. The Labute approximate surface area is 143 Å². The molecule has 1 N–H and O–H groups in total. The lowest BCUT2D eigenvalue weighted by Gasteiger charge is -2.24.